The average molecular weight is 233 g/mol. The van der Waals surface area contributed by atoms with Gasteiger partial charge in [-0.2, -0.15) is 0 Å². The average Bonchev–Trinajstić information content (AvgIpc) is 2.98. The molecule has 1 fully saturated rings. The van der Waals surface area contributed by atoms with Crippen LogP contribution in [-0.4, -0.2) is 29.7 Å². The molecule has 1 saturated heterocycles. The molecule has 1 unspecified atom stereocenters. The molecular weight excluding hydrogens is 214 g/mol. The van der Waals surface area contributed by atoms with Gasteiger partial charge in [-0.3, -0.25) is 0 Å². The molecule has 0 aromatic carbocycles. The van der Waals surface area contributed by atoms with Gasteiger partial charge in [0.05, 0.1) is 6.10 Å². The number of aryl methyl sites for hydroxylation is 1. The zero-order chi connectivity index (χ0) is 11.7. The molecule has 1 aliphatic heterocycles. The van der Waals surface area contributed by atoms with Crippen molar-refractivity contribution in [3.63, 3.8) is 0 Å². The highest BCUT2D eigenvalue weighted by molar-refractivity contribution is 5.48. The van der Waals surface area contributed by atoms with Crippen molar-refractivity contribution in [1.29, 1.82) is 0 Å². The third-order valence-electron chi connectivity index (χ3n) is 3.65. The lowest BCUT2D eigenvalue weighted by atomic mass is 10.1. The van der Waals surface area contributed by atoms with Crippen LogP contribution >= 0.6 is 0 Å². The Kier molecular flexibility index (Phi) is 2.97. The number of nitrogens with one attached hydrogen (secondary N) is 1. The first-order valence-electron chi connectivity index (χ1n) is 6.55. The molecule has 1 aromatic rings. The maximum Gasteiger partial charge on any atom is 0.133 e. The van der Waals surface area contributed by atoms with Gasteiger partial charge < -0.3 is 10.1 Å². The van der Waals surface area contributed by atoms with Gasteiger partial charge >= 0.3 is 0 Å². The molecule has 0 radical (unpaired) electrons. The van der Waals surface area contributed by atoms with E-state index in [0.29, 0.717) is 6.10 Å². The summed E-state index contributed by atoms with van der Waals surface area (Å²) in [5.74, 6) is 1.97. The predicted molar refractivity (Wildman–Crippen MR) is 66.3 cm³/mol. The first-order chi connectivity index (χ1) is 8.36. The third kappa shape index (κ3) is 2.14. The summed E-state index contributed by atoms with van der Waals surface area (Å²) in [7, 11) is 1.94. The SMILES string of the molecule is CNc1nc(CC2CCCO2)nc2c1CCC2. The smallest absolute Gasteiger partial charge is 0.133 e. The molecule has 1 atom stereocenters. The highest BCUT2D eigenvalue weighted by Crippen LogP contribution is 2.26. The Morgan fingerprint density at radius 2 is 2.24 bits per heavy atom. The topological polar surface area (TPSA) is 47.0 Å². The quantitative estimate of drug-likeness (QED) is 0.863. The van der Waals surface area contributed by atoms with Crippen LogP contribution in [0, 0.1) is 0 Å². The number of fused-ring (bicyclic) bond motifs is 1. The summed E-state index contributed by atoms with van der Waals surface area (Å²) >= 11 is 0. The van der Waals surface area contributed by atoms with Crippen molar-refractivity contribution in [2.75, 3.05) is 19.0 Å². The molecule has 0 bridgehead atoms. The van der Waals surface area contributed by atoms with E-state index in [-0.39, 0.29) is 0 Å². The Balaban J connectivity index is 1.84. The molecule has 2 heterocycles. The van der Waals surface area contributed by atoms with Crippen LogP contribution in [0.15, 0.2) is 0 Å². The van der Waals surface area contributed by atoms with Gasteiger partial charge in [-0.15, -0.1) is 0 Å². The normalized spacial score (nSPS) is 22.8. The lowest BCUT2D eigenvalue weighted by molar-refractivity contribution is 0.110. The van der Waals surface area contributed by atoms with Gasteiger partial charge in [-0.1, -0.05) is 0 Å². The van der Waals surface area contributed by atoms with Crippen LogP contribution in [0.5, 0.6) is 0 Å². The van der Waals surface area contributed by atoms with Crippen LogP contribution in [-0.2, 0) is 24.0 Å². The Bertz CT molecular complexity index is 413. The predicted octanol–water partition coefficient (Wildman–Crippen LogP) is 1.73. The lowest BCUT2D eigenvalue weighted by Crippen LogP contribution is -2.14. The van der Waals surface area contributed by atoms with E-state index in [1.54, 1.807) is 0 Å². The zero-order valence-corrected chi connectivity index (χ0v) is 10.3. The number of ether oxygens (including phenoxy) is 1. The van der Waals surface area contributed by atoms with Crippen molar-refractivity contribution in [3.8, 4) is 0 Å². The molecular formula is C13H19N3O. The first kappa shape index (κ1) is 11.0. The standard InChI is InChI=1S/C13H19N3O/c1-14-13-10-5-2-6-11(10)15-12(16-13)8-9-4-3-7-17-9/h9H,2-8H2,1H3,(H,14,15,16). The van der Waals surface area contributed by atoms with Crippen molar-refractivity contribution in [3.05, 3.63) is 17.1 Å². The molecule has 3 rings (SSSR count). The molecule has 1 aromatic heterocycles. The Morgan fingerprint density at radius 3 is 3.00 bits per heavy atom. The fourth-order valence-electron chi connectivity index (χ4n) is 2.79. The summed E-state index contributed by atoms with van der Waals surface area (Å²) in [6.07, 6.45) is 6.95. The summed E-state index contributed by atoms with van der Waals surface area (Å²) in [4.78, 5) is 9.32. The van der Waals surface area contributed by atoms with Crippen molar-refractivity contribution in [2.24, 2.45) is 0 Å². The number of hydrogen-bond acceptors (Lipinski definition) is 4. The maximum absolute atomic E-state index is 5.65. The number of aromatic nitrogens is 2. The molecule has 1 aliphatic carbocycles. The summed E-state index contributed by atoms with van der Waals surface area (Å²) in [5, 5.41) is 3.20. The summed E-state index contributed by atoms with van der Waals surface area (Å²) in [6, 6.07) is 0. The number of nitrogens with zero attached hydrogens (tertiary/aromatic N) is 2. The fourth-order valence-corrected chi connectivity index (χ4v) is 2.79. The molecule has 92 valence electrons. The van der Waals surface area contributed by atoms with Gasteiger partial charge in [-0.25, -0.2) is 9.97 Å². The Morgan fingerprint density at radius 1 is 1.29 bits per heavy atom. The van der Waals surface area contributed by atoms with Crippen molar-refractivity contribution < 1.29 is 4.74 Å². The van der Waals surface area contributed by atoms with E-state index in [0.717, 1.165) is 43.9 Å². The minimum absolute atomic E-state index is 0.333. The minimum atomic E-state index is 0.333. The van der Waals surface area contributed by atoms with E-state index >= 15 is 0 Å². The van der Waals surface area contributed by atoms with E-state index in [2.05, 4.69) is 10.3 Å². The molecule has 0 saturated carbocycles. The first-order valence-corrected chi connectivity index (χ1v) is 6.55. The molecule has 4 nitrogen and oxygen atoms in total. The Labute approximate surface area is 102 Å². The van der Waals surface area contributed by atoms with Crippen LogP contribution in [0.1, 0.15) is 36.3 Å². The van der Waals surface area contributed by atoms with Crippen LogP contribution in [0.2, 0.25) is 0 Å². The van der Waals surface area contributed by atoms with Crippen LogP contribution < -0.4 is 5.32 Å². The maximum atomic E-state index is 5.65. The highest BCUT2D eigenvalue weighted by Gasteiger charge is 2.22. The summed E-state index contributed by atoms with van der Waals surface area (Å²) in [5.41, 5.74) is 2.57. The second kappa shape index (κ2) is 4.61. The van der Waals surface area contributed by atoms with E-state index in [4.69, 9.17) is 9.72 Å². The van der Waals surface area contributed by atoms with E-state index < -0.39 is 0 Å². The monoisotopic (exact) mass is 233 g/mol. The van der Waals surface area contributed by atoms with Crippen LogP contribution in [0.3, 0.4) is 0 Å². The third-order valence-corrected chi connectivity index (χ3v) is 3.65. The minimum Gasteiger partial charge on any atom is -0.378 e. The highest BCUT2D eigenvalue weighted by atomic mass is 16.5. The summed E-state index contributed by atoms with van der Waals surface area (Å²) in [6.45, 7) is 0.897. The molecule has 1 N–H and O–H groups in total. The second-order valence-corrected chi connectivity index (χ2v) is 4.86. The van der Waals surface area contributed by atoms with Gasteiger partial charge in [0.15, 0.2) is 0 Å². The van der Waals surface area contributed by atoms with Crippen LogP contribution in [0.4, 0.5) is 5.82 Å². The molecule has 0 spiro atoms. The largest absolute Gasteiger partial charge is 0.378 e. The number of anilines is 1. The van der Waals surface area contributed by atoms with Gasteiger partial charge in [0.25, 0.3) is 0 Å². The van der Waals surface area contributed by atoms with Crippen LogP contribution in [0.25, 0.3) is 0 Å². The van der Waals surface area contributed by atoms with Gasteiger partial charge in [0.1, 0.15) is 11.6 Å². The summed E-state index contributed by atoms with van der Waals surface area (Å²) < 4.78 is 5.65. The van der Waals surface area contributed by atoms with E-state index in [9.17, 15) is 0 Å². The molecule has 2 aliphatic rings. The zero-order valence-electron chi connectivity index (χ0n) is 10.3. The Hall–Kier alpha value is -1.16. The van der Waals surface area contributed by atoms with Gasteiger partial charge in [-0.05, 0) is 32.1 Å². The fraction of sp³-hybridized carbons (Fsp3) is 0.692. The number of hydrogen-bond donors (Lipinski definition) is 1. The van der Waals surface area contributed by atoms with Crippen molar-refractivity contribution >= 4 is 5.82 Å². The lowest BCUT2D eigenvalue weighted by Gasteiger charge is -2.12. The molecule has 17 heavy (non-hydrogen) atoms. The van der Waals surface area contributed by atoms with E-state index in [1.165, 1.54) is 24.1 Å². The van der Waals surface area contributed by atoms with Crippen molar-refractivity contribution in [1.82, 2.24) is 9.97 Å². The molecule has 0 amide bonds. The van der Waals surface area contributed by atoms with Gasteiger partial charge in [0.2, 0.25) is 0 Å². The van der Waals surface area contributed by atoms with Gasteiger partial charge in [0, 0.05) is 31.3 Å². The second-order valence-electron chi connectivity index (χ2n) is 4.86. The number of rotatable bonds is 3. The van der Waals surface area contributed by atoms with E-state index in [1.807, 2.05) is 7.05 Å². The molecule has 4 heteroatoms. The van der Waals surface area contributed by atoms with Crippen molar-refractivity contribution in [2.45, 2.75) is 44.6 Å².